The number of nitrogens with one attached hydrogen (secondary N) is 1. The number of rotatable bonds is 0. The van der Waals surface area contributed by atoms with E-state index in [0.29, 0.717) is 0 Å². The van der Waals surface area contributed by atoms with Crippen molar-refractivity contribution < 1.29 is 0 Å². The average molecular weight is 187 g/mol. The number of anilines is 1. The molecule has 2 aliphatic rings. The van der Waals surface area contributed by atoms with Gasteiger partial charge in [-0.3, -0.25) is 0 Å². The summed E-state index contributed by atoms with van der Waals surface area (Å²) in [7, 11) is 0. The average Bonchev–Trinajstić information content (AvgIpc) is 2.57. The van der Waals surface area contributed by atoms with Crippen LogP contribution in [0.15, 0.2) is 24.3 Å². The van der Waals surface area contributed by atoms with Gasteiger partial charge in [0.1, 0.15) is 0 Å². The number of hydrogen-bond acceptors (Lipinski definition) is 1. The Bertz CT molecular complexity index is 345. The fourth-order valence-corrected chi connectivity index (χ4v) is 3.22. The minimum atomic E-state index is 0.719. The zero-order chi connectivity index (χ0) is 9.54. The maximum Gasteiger partial charge on any atom is 0.0378 e. The summed E-state index contributed by atoms with van der Waals surface area (Å²) in [4.78, 5) is 0. The summed E-state index contributed by atoms with van der Waals surface area (Å²) in [5, 5.41) is 3.67. The third-order valence-corrected chi connectivity index (χ3v) is 3.88. The molecule has 3 rings (SSSR count). The maximum atomic E-state index is 3.67. The van der Waals surface area contributed by atoms with Gasteiger partial charge < -0.3 is 5.32 Å². The molecule has 1 N–H and O–H groups in total. The van der Waals surface area contributed by atoms with Crippen molar-refractivity contribution in [3.63, 3.8) is 0 Å². The topological polar surface area (TPSA) is 12.0 Å². The summed E-state index contributed by atoms with van der Waals surface area (Å²) in [5.74, 6) is 1.63. The molecule has 1 aliphatic heterocycles. The Kier molecular flexibility index (Phi) is 1.79. The Morgan fingerprint density at radius 1 is 1.21 bits per heavy atom. The SMILES string of the molecule is CC1CCCC2Nc3ccccc3C12. The lowest BCUT2D eigenvalue weighted by molar-refractivity contribution is 0.318. The van der Waals surface area contributed by atoms with Gasteiger partial charge in [0.15, 0.2) is 0 Å². The molecule has 0 amide bonds. The lowest BCUT2D eigenvalue weighted by Crippen LogP contribution is -2.29. The van der Waals surface area contributed by atoms with Crippen LogP contribution in [0, 0.1) is 5.92 Å². The van der Waals surface area contributed by atoms with E-state index in [0.717, 1.165) is 17.9 Å². The largest absolute Gasteiger partial charge is 0.381 e. The molecule has 1 saturated carbocycles. The fraction of sp³-hybridized carbons (Fsp3) is 0.538. The Balaban J connectivity index is 2.03. The van der Waals surface area contributed by atoms with Crippen molar-refractivity contribution in [2.75, 3.05) is 5.32 Å². The predicted molar refractivity (Wildman–Crippen MR) is 59.6 cm³/mol. The van der Waals surface area contributed by atoms with E-state index in [1.165, 1.54) is 24.9 Å². The van der Waals surface area contributed by atoms with Crippen LogP contribution in [-0.2, 0) is 0 Å². The second-order valence-electron chi connectivity index (χ2n) is 4.77. The van der Waals surface area contributed by atoms with Gasteiger partial charge in [0.2, 0.25) is 0 Å². The van der Waals surface area contributed by atoms with E-state index < -0.39 is 0 Å². The van der Waals surface area contributed by atoms with Crippen molar-refractivity contribution in [2.45, 2.75) is 38.1 Å². The van der Waals surface area contributed by atoms with E-state index in [2.05, 4.69) is 36.5 Å². The van der Waals surface area contributed by atoms with Crippen molar-refractivity contribution in [1.29, 1.82) is 0 Å². The second kappa shape index (κ2) is 3.01. The Morgan fingerprint density at radius 2 is 2.07 bits per heavy atom. The van der Waals surface area contributed by atoms with Crippen LogP contribution in [0.25, 0.3) is 0 Å². The van der Waals surface area contributed by atoms with Crippen LogP contribution in [0.4, 0.5) is 5.69 Å². The Morgan fingerprint density at radius 3 is 3.00 bits per heavy atom. The molecule has 3 unspecified atom stereocenters. The predicted octanol–water partition coefficient (Wildman–Crippen LogP) is 3.38. The van der Waals surface area contributed by atoms with E-state index in [1.807, 2.05) is 0 Å². The third-order valence-electron chi connectivity index (χ3n) is 3.88. The van der Waals surface area contributed by atoms with Gasteiger partial charge in [0.05, 0.1) is 0 Å². The molecule has 14 heavy (non-hydrogen) atoms. The molecule has 1 fully saturated rings. The van der Waals surface area contributed by atoms with Crippen LogP contribution in [0.1, 0.15) is 37.7 Å². The molecule has 1 heteroatoms. The number of para-hydroxylation sites is 1. The molecule has 1 aromatic carbocycles. The van der Waals surface area contributed by atoms with Crippen molar-refractivity contribution in [1.82, 2.24) is 0 Å². The standard InChI is InChI=1S/C13H17N/c1-9-5-4-8-12-13(9)10-6-2-3-7-11(10)14-12/h2-3,6-7,9,12-14H,4-5,8H2,1H3. The highest BCUT2D eigenvalue weighted by Gasteiger charge is 2.37. The Hall–Kier alpha value is -0.980. The summed E-state index contributed by atoms with van der Waals surface area (Å²) < 4.78 is 0. The third kappa shape index (κ3) is 1.08. The summed E-state index contributed by atoms with van der Waals surface area (Å²) in [5.41, 5.74) is 2.95. The minimum absolute atomic E-state index is 0.719. The van der Waals surface area contributed by atoms with Gasteiger partial charge in [0.25, 0.3) is 0 Å². The van der Waals surface area contributed by atoms with E-state index in [9.17, 15) is 0 Å². The molecule has 0 saturated heterocycles. The van der Waals surface area contributed by atoms with Gasteiger partial charge in [0, 0.05) is 17.6 Å². The first-order valence-electron chi connectivity index (χ1n) is 5.72. The molecule has 1 aromatic rings. The normalized spacial score (nSPS) is 34.5. The first-order chi connectivity index (χ1) is 6.86. The van der Waals surface area contributed by atoms with Gasteiger partial charge in [-0.1, -0.05) is 31.5 Å². The molecular weight excluding hydrogens is 170 g/mol. The quantitative estimate of drug-likeness (QED) is 0.656. The van der Waals surface area contributed by atoms with Crippen molar-refractivity contribution >= 4 is 5.69 Å². The van der Waals surface area contributed by atoms with Gasteiger partial charge in [-0.15, -0.1) is 0 Å². The smallest absolute Gasteiger partial charge is 0.0378 e. The first kappa shape index (κ1) is 8.34. The number of hydrogen-bond donors (Lipinski definition) is 1. The molecule has 3 atom stereocenters. The van der Waals surface area contributed by atoms with Gasteiger partial charge in [-0.25, -0.2) is 0 Å². The zero-order valence-corrected chi connectivity index (χ0v) is 8.66. The van der Waals surface area contributed by atoms with Gasteiger partial charge in [-0.05, 0) is 30.4 Å². The van der Waals surface area contributed by atoms with E-state index in [-0.39, 0.29) is 0 Å². The Labute approximate surface area is 85.5 Å². The number of fused-ring (bicyclic) bond motifs is 3. The van der Waals surface area contributed by atoms with E-state index >= 15 is 0 Å². The summed E-state index contributed by atoms with van der Waals surface area (Å²) >= 11 is 0. The molecule has 1 aliphatic carbocycles. The van der Waals surface area contributed by atoms with Crippen LogP contribution in [0.5, 0.6) is 0 Å². The lowest BCUT2D eigenvalue weighted by atomic mass is 9.75. The first-order valence-corrected chi connectivity index (χ1v) is 5.72. The highest BCUT2D eigenvalue weighted by atomic mass is 15.0. The summed E-state index contributed by atoms with van der Waals surface area (Å²) in [6.45, 7) is 2.40. The zero-order valence-electron chi connectivity index (χ0n) is 8.66. The highest BCUT2D eigenvalue weighted by Crippen LogP contribution is 2.46. The van der Waals surface area contributed by atoms with Crippen LogP contribution in [0.3, 0.4) is 0 Å². The molecule has 0 spiro atoms. The highest BCUT2D eigenvalue weighted by molar-refractivity contribution is 5.59. The summed E-state index contributed by atoms with van der Waals surface area (Å²) in [6, 6.07) is 9.55. The lowest BCUT2D eigenvalue weighted by Gasteiger charge is -2.31. The monoisotopic (exact) mass is 187 g/mol. The second-order valence-corrected chi connectivity index (χ2v) is 4.77. The molecule has 0 aromatic heterocycles. The molecule has 0 radical (unpaired) electrons. The van der Waals surface area contributed by atoms with Gasteiger partial charge >= 0.3 is 0 Å². The van der Waals surface area contributed by atoms with E-state index in [4.69, 9.17) is 0 Å². The van der Waals surface area contributed by atoms with Crippen LogP contribution in [-0.4, -0.2) is 6.04 Å². The maximum absolute atomic E-state index is 3.67. The minimum Gasteiger partial charge on any atom is -0.381 e. The van der Waals surface area contributed by atoms with Crippen molar-refractivity contribution in [3.8, 4) is 0 Å². The summed E-state index contributed by atoms with van der Waals surface area (Å²) in [6.07, 6.45) is 4.14. The molecular formula is C13H17N. The molecule has 74 valence electrons. The van der Waals surface area contributed by atoms with Crippen LogP contribution < -0.4 is 5.32 Å². The van der Waals surface area contributed by atoms with Crippen molar-refractivity contribution in [2.24, 2.45) is 5.92 Å². The molecule has 1 heterocycles. The van der Waals surface area contributed by atoms with Gasteiger partial charge in [-0.2, -0.15) is 0 Å². The van der Waals surface area contributed by atoms with Crippen LogP contribution in [0.2, 0.25) is 0 Å². The molecule has 1 nitrogen and oxygen atoms in total. The van der Waals surface area contributed by atoms with E-state index in [1.54, 1.807) is 5.56 Å². The number of benzene rings is 1. The molecule has 0 bridgehead atoms. The van der Waals surface area contributed by atoms with Crippen molar-refractivity contribution in [3.05, 3.63) is 29.8 Å². The van der Waals surface area contributed by atoms with Crippen LogP contribution >= 0.6 is 0 Å². The fourth-order valence-electron chi connectivity index (χ4n) is 3.22.